The van der Waals surface area contributed by atoms with Crippen molar-refractivity contribution < 1.29 is 29.0 Å². The van der Waals surface area contributed by atoms with Crippen LogP contribution in [0.2, 0.25) is 25.7 Å². The van der Waals surface area contributed by atoms with Gasteiger partial charge in [-0.25, -0.2) is 14.6 Å². The zero-order chi connectivity index (χ0) is 26.3. The third-order valence-corrected chi connectivity index (χ3v) is 7.50. The van der Waals surface area contributed by atoms with Crippen molar-refractivity contribution >= 4 is 37.5 Å². The van der Waals surface area contributed by atoms with Crippen molar-refractivity contribution in [3.63, 3.8) is 0 Å². The summed E-state index contributed by atoms with van der Waals surface area (Å²) in [5, 5.41) is 17.6. The predicted octanol–water partition coefficient (Wildman–Crippen LogP) is 4.86. The summed E-state index contributed by atoms with van der Waals surface area (Å²) in [4.78, 5) is 40.6. The maximum absolute atomic E-state index is 12.6. The number of carboxylic acid groups (broad SMARTS) is 1. The molecule has 1 aliphatic heterocycles. The van der Waals surface area contributed by atoms with Gasteiger partial charge in [0.2, 0.25) is 5.91 Å². The van der Waals surface area contributed by atoms with E-state index in [0.717, 1.165) is 6.04 Å². The van der Waals surface area contributed by atoms with Gasteiger partial charge in [-0.05, 0) is 37.1 Å². The summed E-state index contributed by atoms with van der Waals surface area (Å²) < 4.78 is 12.4. The topological polar surface area (TPSA) is 144 Å². The van der Waals surface area contributed by atoms with Crippen LogP contribution in [0.25, 0.3) is 11.3 Å². The van der Waals surface area contributed by atoms with Gasteiger partial charge in [0.15, 0.2) is 0 Å². The summed E-state index contributed by atoms with van der Waals surface area (Å²) in [6, 6.07) is 5.53. The number of imidazole rings is 1. The van der Waals surface area contributed by atoms with Gasteiger partial charge >= 0.3 is 12.2 Å². The van der Waals surface area contributed by atoms with Gasteiger partial charge in [-0.1, -0.05) is 26.1 Å². The van der Waals surface area contributed by atoms with Crippen molar-refractivity contribution in [2.24, 2.45) is 0 Å². The monoisotopic (exact) mass is 517 g/mol. The van der Waals surface area contributed by atoms with Crippen molar-refractivity contribution in [2.45, 2.75) is 64.1 Å². The molecule has 1 atom stereocenters. The molecule has 196 valence electrons. The van der Waals surface area contributed by atoms with Gasteiger partial charge in [0.1, 0.15) is 12.6 Å². The fourth-order valence-corrected chi connectivity index (χ4v) is 4.62. The first-order valence-electron chi connectivity index (χ1n) is 12.0. The van der Waals surface area contributed by atoms with Gasteiger partial charge in [-0.15, -0.1) is 0 Å². The van der Waals surface area contributed by atoms with Crippen molar-refractivity contribution in [3.8, 4) is 11.3 Å². The number of fused-ring (bicyclic) bond motifs is 4. The number of amides is 3. The first kappa shape index (κ1) is 27.2. The molecule has 12 heteroatoms. The number of ether oxygens (including phenoxy) is 2. The second kappa shape index (κ2) is 12.0. The molecule has 0 radical (unpaired) electrons. The Labute approximate surface area is 211 Å². The first-order valence-corrected chi connectivity index (χ1v) is 15.7. The molecule has 0 spiro atoms. The fourth-order valence-electron chi connectivity index (χ4n) is 3.86. The molecule has 2 aromatic rings. The van der Waals surface area contributed by atoms with Gasteiger partial charge in [-0.3, -0.25) is 10.1 Å². The summed E-state index contributed by atoms with van der Waals surface area (Å²) in [6.07, 6.45) is 2.03. The number of carbonyl (C=O) groups excluding carboxylic acids is 2. The molecule has 1 aromatic carbocycles. The van der Waals surface area contributed by atoms with E-state index >= 15 is 0 Å². The Hall–Kier alpha value is -3.38. The Balaban J connectivity index is 2.01. The number of nitrogens with zero attached hydrogens (tertiary/aromatic N) is 2. The highest BCUT2D eigenvalue weighted by Gasteiger charge is 2.24. The predicted molar refractivity (Wildman–Crippen MR) is 139 cm³/mol. The average Bonchev–Trinajstić information content (AvgIpc) is 3.21. The van der Waals surface area contributed by atoms with Crippen LogP contribution in [0.1, 0.15) is 37.5 Å². The smallest absolute Gasteiger partial charge is 0.411 e. The minimum absolute atomic E-state index is 0.177. The molecule has 0 saturated heterocycles. The standard InChI is InChI=1S/C24H35N5O6Si/c1-34-24(33)25-16-9-10-17-19(13-16)26-21(30)8-6-5-7-18(28-23(31)32)22-27-20(17)14-29(22)15-35-11-12-36(2,3)4/h9-10,13-14,18,28H,5-8,11-12,15H2,1-4H3,(H,25,33)(H,26,30)(H,31,32)/t18-/m0/s1. The lowest BCUT2D eigenvalue weighted by molar-refractivity contribution is -0.116. The molecule has 36 heavy (non-hydrogen) atoms. The maximum Gasteiger partial charge on any atom is 0.411 e. The van der Waals surface area contributed by atoms with Gasteiger partial charge in [0.25, 0.3) is 0 Å². The highest BCUT2D eigenvalue weighted by Crippen LogP contribution is 2.33. The van der Waals surface area contributed by atoms with E-state index in [1.807, 2.05) is 4.57 Å². The van der Waals surface area contributed by atoms with Crippen LogP contribution in [0.15, 0.2) is 24.4 Å². The van der Waals surface area contributed by atoms with Crippen LogP contribution in [0.5, 0.6) is 0 Å². The highest BCUT2D eigenvalue weighted by molar-refractivity contribution is 6.76. The molecule has 2 bridgehead atoms. The van der Waals surface area contributed by atoms with E-state index in [-0.39, 0.29) is 19.1 Å². The molecule has 3 amide bonds. The normalized spacial score (nSPS) is 16.1. The van der Waals surface area contributed by atoms with E-state index in [2.05, 4.69) is 40.3 Å². The molecule has 1 aromatic heterocycles. The van der Waals surface area contributed by atoms with Crippen LogP contribution < -0.4 is 16.0 Å². The maximum atomic E-state index is 12.6. The van der Waals surface area contributed by atoms with Gasteiger partial charge in [-0.2, -0.15) is 0 Å². The fraction of sp³-hybridized carbons (Fsp3) is 0.500. The molecule has 1 aliphatic rings. The second-order valence-corrected chi connectivity index (χ2v) is 15.6. The number of rotatable bonds is 7. The molecule has 0 fully saturated rings. The Morgan fingerprint density at radius 1 is 1.28 bits per heavy atom. The lowest BCUT2D eigenvalue weighted by Gasteiger charge is -2.19. The number of methoxy groups -OCH3 is 1. The number of carbonyl (C=O) groups is 3. The van der Waals surface area contributed by atoms with Gasteiger partial charge < -0.3 is 29.8 Å². The van der Waals surface area contributed by atoms with Gasteiger partial charge in [0.05, 0.1) is 24.5 Å². The van der Waals surface area contributed by atoms with Crippen LogP contribution in [-0.2, 0) is 21.0 Å². The first-order chi connectivity index (χ1) is 17.1. The molecule has 0 unspecified atom stereocenters. The van der Waals surface area contributed by atoms with Gasteiger partial charge in [0, 0.05) is 38.5 Å². The summed E-state index contributed by atoms with van der Waals surface area (Å²) >= 11 is 0. The average molecular weight is 518 g/mol. The second-order valence-electron chi connectivity index (χ2n) is 9.98. The minimum atomic E-state index is -1.27. The Morgan fingerprint density at radius 2 is 2.06 bits per heavy atom. The molecule has 0 aliphatic carbocycles. The minimum Gasteiger partial charge on any atom is -0.465 e. The van der Waals surface area contributed by atoms with Crippen LogP contribution in [-0.4, -0.2) is 54.5 Å². The number of benzene rings is 1. The van der Waals surface area contributed by atoms with Crippen LogP contribution >= 0.6 is 0 Å². The van der Waals surface area contributed by atoms with E-state index in [1.54, 1.807) is 24.4 Å². The highest BCUT2D eigenvalue weighted by atomic mass is 28.3. The van der Waals surface area contributed by atoms with Crippen LogP contribution in [0.3, 0.4) is 0 Å². The number of aromatic nitrogens is 2. The summed E-state index contributed by atoms with van der Waals surface area (Å²) in [5.41, 5.74) is 2.12. The zero-order valence-electron chi connectivity index (χ0n) is 21.2. The quantitative estimate of drug-likeness (QED) is 0.303. The third-order valence-electron chi connectivity index (χ3n) is 5.79. The number of hydrogen-bond acceptors (Lipinski definition) is 6. The van der Waals surface area contributed by atoms with E-state index < -0.39 is 26.3 Å². The van der Waals surface area contributed by atoms with Crippen molar-refractivity contribution in [3.05, 3.63) is 30.2 Å². The van der Waals surface area contributed by atoms with Crippen molar-refractivity contribution in [1.29, 1.82) is 0 Å². The molecular weight excluding hydrogens is 482 g/mol. The molecule has 3 rings (SSSR count). The van der Waals surface area contributed by atoms with E-state index in [4.69, 9.17) is 9.72 Å². The molecule has 0 saturated carbocycles. The van der Waals surface area contributed by atoms with Crippen LogP contribution in [0.4, 0.5) is 21.0 Å². The largest absolute Gasteiger partial charge is 0.465 e. The molecular formula is C24H35N5O6Si. The molecule has 11 nitrogen and oxygen atoms in total. The zero-order valence-corrected chi connectivity index (χ0v) is 22.2. The molecule has 4 N–H and O–H groups in total. The molecule has 2 heterocycles. The van der Waals surface area contributed by atoms with Crippen molar-refractivity contribution in [2.75, 3.05) is 24.4 Å². The summed E-state index contributed by atoms with van der Waals surface area (Å²) in [5.74, 6) is 0.374. The number of hydrogen-bond donors (Lipinski definition) is 4. The van der Waals surface area contributed by atoms with E-state index in [9.17, 15) is 19.5 Å². The summed E-state index contributed by atoms with van der Waals surface area (Å²) in [7, 11) is 0.00151. The summed E-state index contributed by atoms with van der Waals surface area (Å²) in [6.45, 7) is 7.67. The van der Waals surface area contributed by atoms with Crippen LogP contribution in [0, 0.1) is 0 Å². The number of anilines is 2. The Kier molecular flexibility index (Phi) is 9.10. The lowest BCUT2D eigenvalue weighted by Crippen LogP contribution is -2.29. The van der Waals surface area contributed by atoms with E-state index in [1.165, 1.54) is 7.11 Å². The Bertz CT molecular complexity index is 1100. The van der Waals surface area contributed by atoms with Crippen molar-refractivity contribution in [1.82, 2.24) is 14.9 Å². The number of nitrogens with one attached hydrogen (secondary N) is 3. The lowest BCUT2D eigenvalue weighted by atomic mass is 10.1. The third kappa shape index (κ3) is 7.82. The Morgan fingerprint density at radius 3 is 2.75 bits per heavy atom. The van der Waals surface area contributed by atoms with E-state index in [0.29, 0.717) is 54.3 Å². The SMILES string of the molecule is COC(=O)Nc1ccc2c(c1)NC(=O)CCCC[C@H](NC(=O)O)c1nc-2cn1COCC[Si](C)(C)C.